The summed E-state index contributed by atoms with van der Waals surface area (Å²) in [5.74, 6) is 0. The largest absolute Gasteiger partial charge is 0.297 e. The number of aromatic nitrogens is 4. The number of nitrogens with zero attached hydrogens (tertiary/aromatic N) is 4. The maximum absolute atomic E-state index is 12.1. The second-order valence-corrected chi connectivity index (χ2v) is 8.11. The van der Waals surface area contributed by atoms with E-state index < -0.39 is 15.4 Å². The summed E-state index contributed by atoms with van der Waals surface area (Å²) < 4.78 is 23.3. The first-order valence-corrected chi connectivity index (χ1v) is 9.60. The first-order chi connectivity index (χ1) is 11.3. The topological polar surface area (TPSA) is 109 Å². The lowest BCUT2D eigenvalue weighted by atomic mass is 10.1. The Kier molecular flexibility index (Phi) is 4.60. The third kappa shape index (κ3) is 3.44. The lowest BCUT2D eigenvalue weighted by Gasteiger charge is -2.27. The lowest BCUT2D eigenvalue weighted by Crippen LogP contribution is -2.35. The first kappa shape index (κ1) is 17.3. The molecule has 0 bridgehead atoms. The van der Waals surface area contributed by atoms with E-state index in [9.17, 15) is 13.2 Å². The number of fused-ring (bicyclic) bond motifs is 1. The zero-order chi connectivity index (χ0) is 17.5. The predicted octanol–water partition coefficient (Wildman–Crippen LogP) is 0.829. The van der Waals surface area contributed by atoms with Crippen LogP contribution in [0, 0.1) is 0 Å². The van der Waals surface area contributed by atoms with Crippen LogP contribution < -0.4 is 5.56 Å². The van der Waals surface area contributed by atoms with Crippen LogP contribution in [-0.2, 0) is 29.3 Å². The van der Waals surface area contributed by atoms with Gasteiger partial charge in [-0.1, -0.05) is 23.2 Å². The van der Waals surface area contributed by atoms with Gasteiger partial charge in [0.2, 0.25) is 15.0 Å². The fourth-order valence-electron chi connectivity index (χ4n) is 2.51. The molecule has 0 aromatic carbocycles. The standard InChI is InChI=1S/C13H13Cl2N5O3S/c1-24(22,23)13-18-9-5-20(3-2-7(9)12(21)19-13)4-8-10(14)16-6-17-11(8)15/h6H,2-5H2,1H3,(H,18,19,21). The van der Waals surface area contributed by atoms with Gasteiger partial charge >= 0.3 is 0 Å². The first-order valence-electron chi connectivity index (χ1n) is 6.95. The van der Waals surface area contributed by atoms with Crippen molar-refractivity contribution in [3.63, 3.8) is 0 Å². The molecule has 0 amide bonds. The van der Waals surface area contributed by atoms with Gasteiger partial charge in [0.25, 0.3) is 5.56 Å². The van der Waals surface area contributed by atoms with Gasteiger partial charge in [0.15, 0.2) is 0 Å². The number of aromatic amines is 1. The zero-order valence-electron chi connectivity index (χ0n) is 12.6. The Hall–Kier alpha value is -1.55. The molecule has 0 aliphatic carbocycles. The third-order valence-corrected chi connectivity index (χ3v) is 5.25. The van der Waals surface area contributed by atoms with Crippen molar-refractivity contribution in [2.75, 3.05) is 12.8 Å². The van der Waals surface area contributed by atoms with Gasteiger partial charge in [0, 0.05) is 37.0 Å². The minimum atomic E-state index is -3.60. The van der Waals surface area contributed by atoms with Crippen LogP contribution in [0.15, 0.2) is 16.3 Å². The van der Waals surface area contributed by atoms with Crippen molar-refractivity contribution in [3.8, 4) is 0 Å². The normalized spacial score (nSPS) is 15.3. The van der Waals surface area contributed by atoms with Crippen molar-refractivity contribution in [3.05, 3.63) is 43.8 Å². The molecule has 0 fully saturated rings. The van der Waals surface area contributed by atoms with Crippen molar-refractivity contribution >= 4 is 33.0 Å². The monoisotopic (exact) mass is 389 g/mol. The number of rotatable bonds is 3. The highest BCUT2D eigenvalue weighted by molar-refractivity contribution is 7.90. The Labute approximate surface area is 147 Å². The van der Waals surface area contributed by atoms with Crippen molar-refractivity contribution < 1.29 is 8.42 Å². The maximum atomic E-state index is 12.1. The van der Waals surface area contributed by atoms with Crippen LogP contribution in [0.25, 0.3) is 0 Å². The molecule has 1 N–H and O–H groups in total. The van der Waals surface area contributed by atoms with Gasteiger partial charge < -0.3 is 0 Å². The summed E-state index contributed by atoms with van der Waals surface area (Å²) in [6.07, 6.45) is 2.73. The van der Waals surface area contributed by atoms with Crippen LogP contribution in [0.5, 0.6) is 0 Å². The van der Waals surface area contributed by atoms with E-state index in [4.69, 9.17) is 23.2 Å². The minimum absolute atomic E-state index is 0.261. The molecule has 0 radical (unpaired) electrons. The molecular formula is C13H13Cl2N5O3S. The quantitative estimate of drug-likeness (QED) is 0.611. The Morgan fingerprint density at radius 3 is 2.58 bits per heavy atom. The molecule has 0 unspecified atom stereocenters. The molecule has 8 nitrogen and oxygen atoms in total. The summed E-state index contributed by atoms with van der Waals surface area (Å²) in [6, 6.07) is 0. The van der Waals surface area contributed by atoms with Gasteiger partial charge in [-0.3, -0.25) is 14.7 Å². The number of hydrogen-bond donors (Lipinski definition) is 1. The molecule has 0 spiro atoms. The Balaban J connectivity index is 1.92. The van der Waals surface area contributed by atoms with E-state index in [-0.39, 0.29) is 15.5 Å². The van der Waals surface area contributed by atoms with Crippen LogP contribution in [-0.4, -0.2) is 46.1 Å². The Morgan fingerprint density at radius 2 is 1.96 bits per heavy atom. The van der Waals surface area contributed by atoms with Gasteiger partial charge in [-0.2, -0.15) is 0 Å². The van der Waals surface area contributed by atoms with E-state index in [1.54, 1.807) is 0 Å². The van der Waals surface area contributed by atoms with Crippen LogP contribution in [0.4, 0.5) is 0 Å². The molecule has 11 heteroatoms. The van der Waals surface area contributed by atoms with Gasteiger partial charge in [0.1, 0.15) is 16.6 Å². The number of sulfone groups is 1. The van der Waals surface area contributed by atoms with E-state index >= 15 is 0 Å². The number of nitrogens with one attached hydrogen (secondary N) is 1. The number of halogens is 2. The highest BCUT2D eigenvalue weighted by Crippen LogP contribution is 2.24. The molecule has 24 heavy (non-hydrogen) atoms. The maximum Gasteiger partial charge on any atom is 0.255 e. The molecule has 0 saturated carbocycles. The third-order valence-electron chi connectivity index (χ3n) is 3.70. The van der Waals surface area contributed by atoms with E-state index in [2.05, 4.69) is 19.9 Å². The average molecular weight is 390 g/mol. The van der Waals surface area contributed by atoms with Gasteiger partial charge in [-0.05, 0) is 6.42 Å². The second kappa shape index (κ2) is 6.40. The van der Waals surface area contributed by atoms with Crippen LogP contribution >= 0.6 is 23.2 Å². The van der Waals surface area contributed by atoms with Crippen LogP contribution in [0.3, 0.4) is 0 Å². The van der Waals surface area contributed by atoms with E-state index in [1.807, 2.05) is 4.90 Å². The summed E-state index contributed by atoms with van der Waals surface area (Å²) in [7, 11) is -3.60. The van der Waals surface area contributed by atoms with Crippen LogP contribution in [0.1, 0.15) is 16.8 Å². The zero-order valence-corrected chi connectivity index (χ0v) is 14.9. The summed E-state index contributed by atoms with van der Waals surface area (Å²) in [5, 5.41) is 0.195. The van der Waals surface area contributed by atoms with E-state index in [0.29, 0.717) is 42.9 Å². The van der Waals surface area contributed by atoms with Gasteiger partial charge in [-0.25, -0.2) is 23.4 Å². The van der Waals surface area contributed by atoms with Crippen molar-refractivity contribution in [2.24, 2.45) is 0 Å². The predicted molar refractivity (Wildman–Crippen MR) is 87.8 cm³/mol. The minimum Gasteiger partial charge on any atom is -0.297 e. The molecule has 3 heterocycles. The molecule has 2 aromatic heterocycles. The summed E-state index contributed by atoms with van der Waals surface area (Å²) in [5.41, 5.74) is 1.10. The fraction of sp³-hybridized carbons (Fsp3) is 0.385. The molecular weight excluding hydrogens is 377 g/mol. The van der Waals surface area contributed by atoms with Crippen molar-refractivity contribution in [1.29, 1.82) is 0 Å². The van der Waals surface area contributed by atoms with Crippen molar-refractivity contribution in [1.82, 2.24) is 24.8 Å². The van der Waals surface area contributed by atoms with Crippen LogP contribution in [0.2, 0.25) is 10.3 Å². The van der Waals surface area contributed by atoms with E-state index in [1.165, 1.54) is 6.33 Å². The SMILES string of the molecule is CS(=O)(=O)c1nc2c(c(=O)[nH]1)CCN(Cc1c(Cl)ncnc1Cl)C2. The summed E-state index contributed by atoms with van der Waals surface area (Å²) in [6.45, 7) is 1.27. The molecule has 2 aromatic rings. The summed E-state index contributed by atoms with van der Waals surface area (Å²) >= 11 is 12.1. The van der Waals surface area contributed by atoms with Gasteiger partial charge in [-0.15, -0.1) is 0 Å². The summed E-state index contributed by atoms with van der Waals surface area (Å²) in [4.78, 5) is 28.2. The Morgan fingerprint density at radius 1 is 1.29 bits per heavy atom. The lowest BCUT2D eigenvalue weighted by molar-refractivity contribution is 0.239. The van der Waals surface area contributed by atoms with Gasteiger partial charge in [0.05, 0.1) is 5.69 Å². The van der Waals surface area contributed by atoms with Crippen molar-refractivity contribution in [2.45, 2.75) is 24.7 Å². The molecule has 0 atom stereocenters. The Bertz CT molecular complexity index is 940. The van der Waals surface area contributed by atoms with E-state index in [0.717, 1.165) is 6.26 Å². The number of hydrogen-bond acceptors (Lipinski definition) is 7. The number of H-pyrrole nitrogens is 1. The smallest absolute Gasteiger partial charge is 0.255 e. The fourth-order valence-corrected chi connectivity index (χ4v) is 3.50. The molecule has 1 aliphatic rings. The second-order valence-electron chi connectivity index (χ2n) is 5.46. The molecule has 0 saturated heterocycles. The highest BCUT2D eigenvalue weighted by Gasteiger charge is 2.24. The molecule has 3 rings (SSSR count). The molecule has 1 aliphatic heterocycles. The highest BCUT2D eigenvalue weighted by atomic mass is 35.5. The average Bonchev–Trinajstić information content (AvgIpc) is 2.50. The molecule has 128 valence electrons.